The third-order valence-corrected chi connectivity index (χ3v) is 4.34. The Hall–Kier alpha value is -0.410. The van der Waals surface area contributed by atoms with Crippen LogP contribution in [-0.2, 0) is 6.42 Å². The molecule has 1 saturated carbocycles. The number of benzene rings is 1. The Morgan fingerprint density at radius 1 is 1.47 bits per heavy atom. The highest BCUT2D eigenvalue weighted by Gasteiger charge is 2.36. The largest absolute Gasteiger partial charge is 0.330 e. The van der Waals surface area contributed by atoms with Crippen LogP contribution in [0.15, 0.2) is 22.7 Å². The van der Waals surface area contributed by atoms with Gasteiger partial charge in [0.1, 0.15) is 5.82 Å². The van der Waals surface area contributed by atoms with Gasteiger partial charge in [-0.15, -0.1) is 0 Å². The van der Waals surface area contributed by atoms with Crippen LogP contribution in [0.1, 0.15) is 31.7 Å². The molecule has 1 fully saturated rings. The summed E-state index contributed by atoms with van der Waals surface area (Å²) in [5.74, 6) is 0.572. The van der Waals surface area contributed by atoms with Gasteiger partial charge in [-0.3, -0.25) is 0 Å². The van der Waals surface area contributed by atoms with Crippen molar-refractivity contribution >= 4 is 15.9 Å². The van der Waals surface area contributed by atoms with Gasteiger partial charge in [0.05, 0.1) is 0 Å². The van der Waals surface area contributed by atoms with Crippen molar-refractivity contribution in [2.45, 2.75) is 32.6 Å². The van der Waals surface area contributed by atoms with Gasteiger partial charge >= 0.3 is 0 Å². The molecule has 1 aromatic carbocycles. The van der Waals surface area contributed by atoms with Crippen LogP contribution in [0, 0.1) is 17.2 Å². The normalized spacial score (nSPS) is 28.6. The lowest BCUT2D eigenvalue weighted by atomic mass is 9.79. The van der Waals surface area contributed by atoms with Crippen LogP contribution < -0.4 is 5.73 Å². The zero-order valence-electron chi connectivity index (χ0n) is 10.2. The van der Waals surface area contributed by atoms with Crippen molar-refractivity contribution in [1.29, 1.82) is 0 Å². The minimum Gasteiger partial charge on any atom is -0.330 e. The number of halogens is 2. The van der Waals surface area contributed by atoms with E-state index in [2.05, 4.69) is 22.9 Å². The van der Waals surface area contributed by atoms with Gasteiger partial charge in [-0.1, -0.05) is 29.3 Å². The molecule has 17 heavy (non-hydrogen) atoms. The minimum atomic E-state index is -0.174. The molecule has 2 N–H and O–H groups in total. The SMILES string of the molecule is CC1CCC(CN)(Cc2cc(F)cc(Br)c2)C1. The molecule has 1 aromatic rings. The third kappa shape index (κ3) is 3.08. The van der Waals surface area contributed by atoms with Crippen molar-refractivity contribution in [3.63, 3.8) is 0 Å². The average Bonchev–Trinajstić information content (AvgIpc) is 2.59. The fourth-order valence-electron chi connectivity index (χ4n) is 3.06. The summed E-state index contributed by atoms with van der Waals surface area (Å²) < 4.78 is 14.2. The van der Waals surface area contributed by atoms with Crippen LogP contribution in [0.4, 0.5) is 4.39 Å². The zero-order valence-corrected chi connectivity index (χ0v) is 11.8. The van der Waals surface area contributed by atoms with E-state index in [-0.39, 0.29) is 11.2 Å². The fraction of sp³-hybridized carbons (Fsp3) is 0.571. The minimum absolute atomic E-state index is 0.174. The van der Waals surface area contributed by atoms with E-state index in [0.717, 1.165) is 28.8 Å². The molecule has 2 atom stereocenters. The smallest absolute Gasteiger partial charge is 0.124 e. The quantitative estimate of drug-likeness (QED) is 0.900. The van der Waals surface area contributed by atoms with Crippen LogP contribution in [-0.4, -0.2) is 6.54 Å². The first-order valence-corrected chi connectivity index (χ1v) is 6.97. The first kappa shape index (κ1) is 13.0. The highest BCUT2D eigenvalue weighted by molar-refractivity contribution is 9.10. The lowest BCUT2D eigenvalue weighted by Crippen LogP contribution is -2.30. The van der Waals surface area contributed by atoms with Gasteiger partial charge in [0.2, 0.25) is 0 Å². The van der Waals surface area contributed by atoms with Crippen LogP contribution in [0.25, 0.3) is 0 Å². The van der Waals surface area contributed by atoms with Crippen molar-refractivity contribution in [1.82, 2.24) is 0 Å². The number of hydrogen-bond donors (Lipinski definition) is 1. The van der Waals surface area contributed by atoms with E-state index in [0.29, 0.717) is 6.54 Å². The third-order valence-electron chi connectivity index (χ3n) is 3.88. The molecule has 1 nitrogen and oxygen atoms in total. The summed E-state index contributed by atoms with van der Waals surface area (Å²) >= 11 is 3.34. The molecule has 0 aliphatic heterocycles. The molecule has 0 bridgehead atoms. The van der Waals surface area contributed by atoms with E-state index in [9.17, 15) is 4.39 Å². The molecular formula is C14H19BrFN. The predicted molar refractivity (Wildman–Crippen MR) is 72.3 cm³/mol. The summed E-state index contributed by atoms with van der Waals surface area (Å²) in [5, 5.41) is 0. The van der Waals surface area contributed by atoms with Crippen molar-refractivity contribution in [2.24, 2.45) is 17.1 Å². The van der Waals surface area contributed by atoms with Crippen LogP contribution >= 0.6 is 15.9 Å². The molecule has 1 aliphatic rings. The maximum atomic E-state index is 13.3. The topological polar surface area (TPSA) is 26.0 Å². The van der Waals surface area contributed by atoms with Gasteiger partial charge in [-0.2, -0.15) is 0 Å². The van der Waals surface area contributed by atoms with Gasteiger partial charge in [0.25, 0.3) is 0 Å². The van der Waals surface area contributed by atoms with Crippen molar-refractivity contribution in [3.8, 4) is 0 Å². The Balaban J connectivity index is 2.18. The summed E-state index contributed by atoms with van der Waals surface area (Å²) in [6.45, 7) is 2.98. The Bertz CT molecular complexity index is 387. The van der Waals surface area contributed by atoms with Crippen molar-refractivity contribution in [3.05, 3.63) is 34.1 Å². The molecule has 2 rings (SSSR count). The van der Waals surface area contributed by atoms with E-state index < -0.39 is 0 Å². The lowest BCUT2D eigenvalue weighted by Gasteiger charge is -2.27. The summed E-state index contributed by atoms with van der Waals surface area (Å²) in [5.41, 5.74) is 7.19. The summed E-state index contributed by atoms with van der Waals surface area (Å²) in [6, 6.07) is 5.13. The van der Waals surface area contributed by atoms with Gasteiger partial charge in [-0.25, -0.2) is 4.39 Å². The highest BCUT2D eigenvalue weighted by atomic mass is 79.9. The zero-order chi connectivity index (χ0) is 12.5. The standard InChI is InChI=1S/C14H19BrFN/c1-10-2-3-14(7-10,9-17)8-11-4-12(15)6-13(16)5-11/h4-6,10H,2-3,7-9,17H2,1H3. The molecule has 94 valence electrons. The molecule has 0 aromatic heterocycles. The molecule has 3 heteroatoms. The molecule has 0 saturated heterocycles. The maximum Gasteiger partial charge on any atom is 0.124 e. The maximum absolute atomic E-state index is 13.3. The first-order valence-electron chi connectivity index (χ1n) is 6.18. The molecule has 0 amide bonds. The van der Waals surface area contributed by atoms with E-state index in [1.807, 2.05) is 6.07 Å². The molecule has 1 aliphatic carbocycles. The van der Waals surface area contributed by atoms with Gasteiger partial charge in [0, 0.05) is 4.47 Å². The number of hydrogen-bond acceptors (Lipinski definition) is 1. The fourth-order valence-corrected chi connectivity index (χ4v) is 3.57. The second-order valence-electron chi connectivity index (χ2n) is 5.51. The van der Waals surface area contributed by atoms with E-state index in [4.69, 9.17) is 5.73 Å². The molecular weight excluding hydrogens is 281 g/mol. The summed E-state index contributed by atoms with van der Waals surface area (Å²) in [4.78, 5) is 0. The average molecular weight is 300 g/mol. The van der Waals surface area contributed by atoms with E-state index in [1.54, 1.807) is 6.07 Å². The van der Waals surface area contributed by atoms with Crippen LogP contribution in [0.5, 0.6) is 0 Å². The van der Waals surface area contributed by atoms with Crippen molar-refractivity contribution in [2.75, 3.05) is 6.54 Å². The predicted octanol–water partition coefficient (Wildman–Crippen LogP) is 3.90. The Labute approximate surface area is 111 Å². The monoisotopic (exact) mass is 299 g/mol. The van der Waals surface area contributed by atoms with Crippen molar-refractivity contribution < 1.29 is 4.39 Å². The number of rotatable bonds is 3. The Morgan fingerprint density at radius 3 is 2.76 bits per heavy atom. The van der Waals surface area contributed by atoms with Crippen LogP contribution in [0.3, 0.4) is 0 Å². The van der Waals surface area contributed by atoms with E-state index in [1.165, 1.54) is 18.9 Å². The Morgan fingerprint density at radius 2 is 2.24 bits per heavy atom. The van der Waals surface area contributed by atoms with Crippen LogP contribution in [0.2, 0.25) is 0 Å². The lowest BCUT2D eigenvalue weighted by molar-refractivity contribution is 0.295. The molecule has 0 heterocycles. The first-order chi connectivity index (χ1) is 8.03. The number of nitrogens with two attached hydrogens (primary N) is 1. The van der Waals surface area contributed by atoms with Gasteiger partial charge in [-0.05, 0) is 60.9 Å². The Kier molecular flexibility index (Phi) is 3.88. The molecule has 2 unspecified atom stereocenters. The second-order valence-corrected chi connectivity index (χ2v) is 6.42. The molecule has 0 radical (unpaired) electrons. The van der Waals surface area contributed by atoms with E-state index >= 15 is 0 Å². The summed E-state index contributed by atoms with van der Waals surface area (Å²) in [7, 11) is 0. The summed E-state index contributed by atoms with van der Waals surface area (Å²) in [6.07, 6.45) is 4.47. The second kappa shape index (κ2) is 5.07. The molecule has 0 spiro atoms. The van der Waals surface area contributed by atoms with Gasteiger partial charge in [0.15, 0.2) is 0 Å². The van der Waals surface area contributed by atoms with Gasteiger partial charge < -0.3 is 5.73 Å². The highest BCUT2D eigenvalue weighted by Crippen LogP contribution is 2.43.